The summed E-state index contributed by atoms with van der Waals surface area (Å²) in [7, 11) is 0. The largest absolute Gasteiger partial charge is 0.382 e. The Morgan fingerprint density at radius 1 is 1.47 bits per heavy atom. The highest BCUT2D eigenvalue weighted by molar-refractivity contribution is 5.56. The normalized spacial score (nSPS) is 18.5. The second kappa shape index (κ2) is 4.02. The van der Waals surface area contributed by atoms with Crippen LogP contribution >= 0.6 is 0 Å². The van der Waals surface area contributed by atoms with Gasteiger partial charge in [0.1, 0.15) is 0 Å². The van der Waals surface area contributed by atoms with Crippen LogP contribution in [0.15, 0.2) is 18.2 Å². The predicted octanol–water partition coefficient (Wildman–Crippen LogP) is 3.50. The summed E-state index contributed by atoms with van der Waals surface area (Å²) in [5.74, 6) is 0. The Balaban J connectivity index is 2.14. The molecule has 4 heteroatoms. The topological polar surface area (TPSA) is 55.2 Å². The van der Waals surface area contributed by atoms with Gasteiger partial charge in [-0.3, -0.25) is 10.1 Å². The Hall–Kier alpha value is -1.58. The maximum atomic E-state index is 10.6. The number of nitro groups is 1. The molecule has 1 saturated carbocycles. The van der Waals surface area contributed by atoms with Gasteiger partial charge in [0.15, 0.2) is 0 Å². The Morgan fingerprint density at radius 2 is 2.12 bits per heavy atom. The third-order valence-electron chi connectivity index (χ3n) is 3.88. The summed E-state index contributed by atoms with van der Waals surface area (Å²) in [6, 6.07) is 5.37. The first-order valence-corrected chi connectivity index (χ1v) is 5.94. The Bertz CT molecular complexity index is 453. The van der Waals surface area contributed by atoms with Crippen LogP contribution in [0.2, 0.25) is 0 Å². The van der Waals surface area contributed by atoms with E-state index in [1.54, 1.807) is 18.2 Å². The van der Waals surface area contributed by atoms with E-state index in [4.69, 9.17) is 0 Å². The van der Waals surface area contributed by atoms with E-state index in [2.05, 4.69) is 19.2 Å². The molecular formula is C13H18N2O2. The summed E-state index contributed by atoms with van der Waals surface area (Å²) in [5.41, 5.74) is 2.47. The molecular weight excluding hydrogens is 216 g/mol. The first-order chi connectivity index (χ1) is 7.92. The smallest absolute Gasteiger partial charge is 0.269 e. The molecule has 0 radical (unpaired) electrons. The number of rotatable bonds is 4. The Labute approximate surface area is 101 Å². The van der Waals surface area contributed by atoms with Crippen LogP contribution in [-0.2, 0) is 0 Å². The number of hydrogen-bond acceptors (Lipinski definition) is 3. The minimum Gasteiger partial charge on any atom is -0.382 e. The number of hydrogen-bond donors (Lipinski definition) is 1. The average Bonchev–Trinajstić information content (AvgIpc) is 3.00. The molecule has 1 aliphatic rings. The zero-order valence-electron chi connectivity index (χ0n) is 10.5. The quantitative estimate of drug-likeness (QED) is 0.640. The highest BCUT2D eigenvalue weighted by Crippen LogP contribution is 2.49. The number of aryl methyl sites for hydroxylation is 1. The number of non-ortho nitro benzene ring substituents is 1. The van der Waals surface area contributed by atoms with E-state index in [-0.39, 0.29) is 10.6 Å². The van der Waals surface area contributed by atoms with Crippen LogP contribution in [0.25, 0.3) is 0 Å². The van der Waals surface area contributed by atoms with Crippen molar-refractivity contribution in [3.8, 4) is 0 Å². The Morgan fingerprint density at radius 3 is 2.59 bits per heavy atom. The third kappa shape index (κ3) is 2.40. The molecule has 0 aliphatic heterocycles. The summed E-state index contributed by atoms with van der Waals surface area (Å²) in [5, 5.41) is 14.1. The molecule has 0 aromatic heterocycles. The standard InChI is InChI=1S/C13H18N2O2/c1-9-8-11(15(16)17)4-5-12(9)14-10(2)13(3)6-7-13/h4-5,8,10,14H,6-7H2,1-3H3. The van der Waals surface area contributed by atoms with Crippen molar-refractivity contribution in [3.63, 3.8) is 0 Å². The molecule has 2 rings (SSSR count). The van der Waals surface area contributed by atoms with E-state index in [1.807, 2.05) is 6.92 Å². The van der Waals surface area contributed by atoms with Crippen LogP contribution in [0.5, 0.6) is 0 Å². The molecule has 1 unspecified atom stereocenters. The lowest BCUT2D eigenvalue weighted by molar-refractivity contribution is -0.384. The zero-order valence-corrected chi connectivity index (χ0v) is 10.5. The predicted molar refractivity (Wildman–Crippen MR) is 68.3 cm³/mol. The minimum atomic E-state index is -0.359. The van der Waals surface area contributed by atoms with E-state index in [1.165, 1.54) is 12.8 Å². The molecule has 1 aromatic rings. The second-order valence-corrected chi connectivity index (χ2v) is 5.28. The Kier molecular flexibility index (Phi) is 2.81. The van der Waals surface area contributed by atoms with Crippen molar-refractivity contribution in [2.45, 2.75) is 39.7 Å². The van der Waals surface area contributed by atoms with E-state index in [9.17, 15) is 10.1 Å². The maximum Gasteiger partial charge on any atom is 0.269 e. The molecule has 92 valence electrons. The van der Waals surface area contributed by atoms with Crippen LogP contribution < -0.4 is 5.32 Å². The lowest BCUT2D eigenvalue weighted by atomic mass is 10.00. The molecule has 0 spiro atoms. The van der Waals surface area contributed by atoms with Crippen LogP contribution in [0, 0.1) is 22.5 Å². The minimum absolute atomic E-state index is 0.151. The molecule has 1 aliphatic carbocycles. The number of anilines is 1. The van der Waals surface area contributed by atoms with Crippen molar-refractivity contribution < 1.29 is 4.92 Å². The molecule has 0 bridgehead atoms. The number of nitrogens with zero attached hydrogens (tertiary/aromatic N) is 1. The maximum absolute atomic E-state index is 10.6. The molecule has 1 aromatic carbocycles. The van der Waals surface area contributed by atoms with Gasteiger partial charge in [-0.2, -0.15) is 0 Å². The number of benzene rings is 1. The van der Waals surface area contributed by atoms with Crippen molar-refractivity contribution in [3.05, 3.63) is 33.9 Å². The second-order valence-electron chi connectivity index (χ2n) is 5.28. The summed E-state index contributed by atoms with van der Waals surface area (Å²) in [6.07, 6.45) is 2.51. The summed E-state index contributed by atoms with van der Waals surface area (Å²) in [6.45, 7) is 6.34. The molecule has 1 fully saturated rings. The zero-order chi connectivity index (χ0) is 12.6. The SMILES string of the molecule is Cc1cc([N+](=O)[O-])ccc1NC(C)C1(C)CC1. The van der Waals surface area contributed by atoms with E-state index >= 15 is 0 Å². The molecule has 0 saturated heterocycles. The highest BCUT2D eigenvalue weighted by Gasteiger charge is 2.42. The highest BCUT2D eigenvalue weighted by atomic mass is 16.6. The van der Waals surface area contributed by atoms with Crippen LogP contribution in [0.3, 0.4) is 0 Å². The van der Waals surface area contributed by atoms with Crippen molar-refractivity contribution in [1.82, 2.24) is 0 Å². The van der Waals surface area contributed by atoms with Crippen LogP contribution in [-0.4, -0.2) is 11.0 Å². The van der Waals surface area contributed by atoms with E-state index < -0.39 is 0 Å². The fraction of sp³-hybridized carbons (Fsp3) is 0.538. The monoisotopic (exact) mass is 234 g/mol. The van der Waals surface area contributed by atoms with Gasteiger partial charge in [0, 0.05) is 23.9 Å². The fourth-order valence-corrected chi connectivity index (χ4v) is 1.96. The van der Waals surface area contributed by atoms with Crippen LogP contribution in [0.1, 0.15) is 32.3 Å². The third-order valence-corrected chi connectivity index (χ3v) is 3.88. The molecule has 4 nitrogen and oxygen atoms in total. The molecule has 0 heterocycles. The lowest BCUT2D eigenvalue weighted by Gasteiger charge is -2.22. The van der Waals surface area contributed by atoms with Gasteiger partial charge >= 0.3 is 0 Å². The fourth-order valence-electron chi connectivity index (χ4n) is 1.96. The summed E-state index contributed by atoms with van der Waals surface area (Å²) >= 11 is 0. The summed E-state index contributed by atoms with van der Waals surface area (Å²) in [4.78, 5) is 10.3. The number of nitrogens with one attached hydrogen (secondary N) is 1. The number of nitro benzene ring substituents is 1. The first-order valence-electron chi connectivity index (χ1n) is 5.94. The molecule has 17 heavy (non-hydrogen) atoms. The van der Waals surface area contributed by atoms with Gasteiger partial charge in [0.2, 0.25) is 0 Å². The first kappa shape index (κ1) is 11.9. The van der Waals surface area contributed by atoms with Gasteiger partial charge in [-0.25, -0.2) is 0 Å². The van der Waals surface area contributed by atoms with Gasteiger partial charge in [-0.1, -0.05) is 6.92 Å². The molecule has 0 amide bonds. The van der Waals surface area contributed by atoms with E-state index in [0.717, 1.165) is 11.3 Å². The van der Waals surface area contributed by atoms with Crippen molar-refractivity contribution >= 4 is 11.4 Å². The van der Waals surface area contributed by atoms with Gasteiger partial charge < -0.3 is 5.32 Å². The van der Waals surface area contributed by atoms with Gasteiger partial charge in [-0.05, 0) is 43.7 Å². The van der Waals surface area contributed by atoms with Crippen molar-refractivity contribution in [1.29, 1.82) is 0 Å². The van der Waals surface area contributed by atoms with Crippen LogP contribution in [0.4, 0.5) is 11.4 Å². The average molecular weight is 234 g/mol. The van der Waals surface area contributed by atoms with Gasteiger partial charge in [-0.15, -0.1) is 0 Å². The van der Waals surface area contributed by atoms with Gasteiger partial charge in [0.05, 0.1) is 4.92 Å². The van der Waals surface area contributed by atoms with Gasteiger partial charge in [0.25, 0.3) is 5.69 Å². The van der Waals surface area contributed by atoms with Crippen molar-refractivity contribution in [2.24, 2.45) is 5.41 Å². The molecule has 1 N–H and O–H groups in total. The summed E-state index contributed by atoms with van der Waals surface area (Å²) < 4.78 is 0. The van der Waals surface area contributed by atoms with Crippen molar-refractivity contribution in [2.75, 3.05) is 5.32 Å². The molecule has 1 atom stereocenters. The lowest BCUT2D eigenvalue weighted by Crippen LogP contribution is -2.25. The van der Waals surface area contributed by atoms with E-state index in [0.29, 0.717) is 11.5 Å².